The van der Waals surface area contributed by atoms with Crippen LogP contribution in [0.1, 0.15) is 29.2 Å². The summed E-state index contributed by atoms with van der Waals surface area (Å²) in [5.74, 6) is 0.630. The fourth-order valence-electron chi connectivity index (χ4n) is 5.14. The second-order valence-corrected chi connectivity index (χ2v) is 9.01. The maximum absolute atomic E-state index is 13.4. The van der Waals surface area contributed by atoms with Crippen molar-refractivity contribution in [2.45, 2.75) is 37.3 Å². The van der Waals surface area contributed by atoms with Gasteiger partial charge in [0.25, 0.3) is 0 Å². The molecule has 1 aromatic heterocycles. The van der Waals surface area contributed by atoms with Crippen LogP contribution in [0.5, 0.6) is 0 Å². The van der Waals surface area contributed by atoms with Crippen LogP contribution >= 0.6 is 0 Å². The molecule has 1 aliphatic heterocycles. The first kappa shape index (κ1) is 22.5. The van der Waals surface area contributed by atoms with E-state index in [1.54, 1.807) is 9.58 Å². The van der Waals surface area contributed by atoms with Gasteiger partial charge in [-0.25, -0.2) is 18.3 Å². The van der Waals surface area contributed by atoms with Crippen LogP contribution in [0.15, 0.2) is 60.7 Å². The fourth-order valence-corrected chi connectivity index (χ4v) is 5.14. The van der Waals surface area contributed by atoms with Crippen molar-refractivity contribution in [1.82, 2.24) is 20.0 Å². The monoisotopic (exact) mass is 465 g/mol. The Kier molecular flexibility index (Phi) is 6.58. The molecule has 2 aromatic carbocycles. The second-order valence-electron chi connectivity index (χ2n) is 9.01. The predicted octanol–water partition coefficient (Wildman–Crippen LogP) is 4.26. The Morgan fingerprint density at radius 2 is 1.71 bits per heavy atom. The Bertz CT molecular complexity index is 1120. The van der Waals surface area contributed by atoms with Gasteiger partial charge in [-0.2, -0.15) is 5.10 Å². The third kappa shape index (κ3) is 4.42. The van der Waals surface area contributed by atoms with Crippen molar-refractivity contribution in [2.75, 3.05) is 31.8 Å². The summed E-state index contributed by atoms with van der Waals surface area (Å²) in [5.41, 5.74) is 4.01. The molecular weight excluding hydrogens is 436 g/mol. The van der Waals surface area contributed by atoms with Crippen molar-refractivity contribution >= 4 is 11.8 Å². The number of hydrogen-bond acceptors (Lipinski definition) is 3. The smallest absolute Gasteiger partial charge is 0.320 e. The molecule has 1 fully saturated rings. The number of nitrogens with one attached hydrogen (secondary N) is 2. The number of aromatic nitrogens is 2. The number of aryl methyl sites for hydroxylation is 1. The number of carbonyl (C=O) groups is 1. The van der Waals surface area contributed by atoms with Gasteiger partial charge in [-0.05, 0) is 37.0 Å². The van der Waals surface area contributed by atoms with Crippen molar-refractivity contribution in [2.24, 2.45) is 0 Å². The van der Waals surface area contributed by atoms with Crippen LogP contribution in [0, 0.1) is 0 Å². The lowest BCUT2D eigenvalue weighted by atomic mass is 9.94. The van der Waals surface area contributed by atoms with Crippen molar-refractivity contribution in [3.05, 3.63) is 77.5 Å². The van der Waals surface area contributed by atoms with E-state index in [1.165, 1.54) is 0 Å². The topological polar surface area (TPSA) is 62.2 Å². The summed E-state index contributed by atoms with van der Waals surface area (Å²) < 4.78 is 28.6. The average molecular weight is 466 g/mol. The molecule has 2 unspecified atom stereocenters. The number of para-hydroxylation sites is 1. The molecule has 5 rings (SSSR count). The zero-order chi connectivity index (χ0) is 23.5. The Morgan fingerprint density at radius 3 is 2.41 bits per heavy atom. The number of benzene rings is 2. The molecule has 6 nitrogen and oxygen atoms in total. The molecule has 1 saturated heterocycles. The number of fused-ring (bicyclic) bond motifs is 1. The molecular formula is C26H29F2N5O. The highest BCUT2D eigenvalue weighted by molar-refractivity contribution is 5.90. The minimum atomic E-state index is -0.788. The van der Waals surface area contributed by atoms with Crippen molar-refractivity contribution < 1.29 is 13.6 Å². The molecule has 0 spiro atoms. The van der Waals surface area contributed by atoms with Crippen LogP contribution in [-0.2, 0) is 12.8 Å². The van der Waals surface area contributed by atoms with Crippen LogP contribution in [0.3, 0.4) is 0 Å². The number of nitrogens with zero attached hydrogens (tertiary/aromatic N) is 3. The Hall–Kier alpha value is -3.26. The minimum Gasteiger partial charge on any atom is -0.333 e. The first-order valence-electron chi connectivity index (χ1n) is 11.8. The highest BCUT2D eigenvalue weighted by atomic mass is 19.1. The van der Waals surface area contributed by atoms with Gasteiger partial charge >= 0.3 is 6.03 Å². The van der Waals surface area contributed by atoms with Gasteiger partial charge in [0.1, 0.15) is 19.2 Å². The highest BCUT2D eigenvalue weighted by Gasteiger charge is 2.38. The van der Waals surface area contributed by atoms with E-state index in [2.05, 4.69) is 10.6 Å². The molecule has 0 bridgehead atoms. The normalized spacial score (nSPS) is 20.0. The number of anilines is 1. The lowest BCUT2D eigenvalue weighted by Gasteiger charge is -2.22. The molecule has 8 heteroatoms. The Labute approximate surface area is 198 Å². The molecule has 0 saturated carbocycles. The summed E-state index contributed by atoms with van der Waals surface area (Å²) in [4.78, 5) is 15.0. The number of alkyl halides is 2. The van der Waals surface area contributed by atoms with E-state index in [9.17, 15) is 13.6 Å². The van der Waals surface area contributed by atoms with Crippen LogP contribution in [-0.4, -0.2) is 59.2 Å². The third-order valence-corrected chi connectivity index (χ3v) is 6.90. The van der Waals surface area contributed by atoms with Gasteiger partial charge in [-0.1, -0.05) is 48.5 Å². The zero-order valence-corrected chi connectivity index (χ0v) is 19.0. The Balaban J connectivity index is 1.37. The van der Waals surface area contributed by atoms with Gasteiger partial charge in [-0.15, -0.1) is 0 Å². The van der Waals surface area contributed by atoms with E-state index in [0.717, 1.165) is 41.8 Å². The highest BCUT2D eigenvalue weighted by Crippen LogP contribution is 2.32. The number of halogens is 2. The summed E-state index contributed by atoms with van der Waals surface area (Å²) in [5, 5.41) is 10.9. The summed E-state index contributed by atoms with van der Waals surface area (Å²) in [6.45, 7) is -0.620. The zero-order valence-electron chi connectivity index (χ0n) is 19.0. The van der Waals surface area contributed by atoms with E-state index < -0.39 is 19.4 Å². The van der Waals surface area contributed by atoms with E-state index in [-0.39, 0.29) is 18.0 Å². The molecule has 178 valence electrons. The molecule has 3 aromatic rings. The number of carbonyl (C=O) groups excluding carboxylic acids is 1. The third-order valence-electron chi connectivity index (χ3n) is 6.90. The van der Waals surface area contributed by atoms with Crippen LogP contribution in [0.25, 0.3) is 5.69 Å². The SMILES string of the molecule is O=C(Nc1c2c(nn1-c1ccccc1)CCC2)NC1CN(C(CF)CF)CC1c1ccccc1. The van der Waals surface area contributed by atoms with Crippen molar-refractivity contribution in [3.63, 3.8) is 0 Å². The summed E-state index contributed by atoms with van der Waals surface area (Å²) in [6.07, 6.45) is 2.79. The van der Waals surface area contributed by atoms with Crippen LogP contribution < -0.4 is 10.6 Å². The summed E-state index contributed by atoms with van der Waals surface area (Å²) >= 11 is 0. The molecule has 2 heterocycles. The lowest BCUT2D eigenvalue weighted by molar-refractivity contribution is 0.163. The molecule has 34 heavy (non-hydrogen) atoms. The maximum Gasteiger partial charge on any atom is 0.320 e. The van der Waals surface area contributed by atoms with Gasteiger partial charge in [-0.3, -0.25) is 10.2 Å². The molecule has 1 aliphatic carbocycles. The Morgan fingerprint density at radius 1 is 1.00 bits per heavy atom. The molecule has 0 radical (unpaired) electrons. The van der Waals surface area contributed by atoms with E-state index in [0.29, 0.717) is 18.9 Å². The van der Waals surface area contributed by atoms with Gasteiger partial charge in [0.2, 0.25) is 0 Å². The average Bonchev–Trinajstić information content (AvgIpc) is 3.57. The maximum atomic E-state index is 13.4. The number of amides is 2. The first-order chi connectivity index (χ1) is 16.7. The second kappa shape index (κ2) is 9.93. The molecule has 2 amide bonds. The number of hydrogen-bond donors (Lipinski definition) is 2. The fraction of sp³-hybridized carbons (Fsp3) is 0.385. The predicted molar refractivity (Wildman–Crippen MR) is 128 cm³/mol. The van der Waals surface area contributed by atoms with E-state index in [4.69, 9.17) is 5.10 Å². The van der Waals surface area contributed by atoms with Gasteiger partial charge in [0, 0.05) is 24.6 Å². The first-order valence-corrected chi connectivity index (χ1v) is 11.8. The van der Waals surface area contributed by atoms with Gasteiger partial charge in [0.05, 0.1) is 23.5 Å². The van der Waals surface area contributed by atoms with Gasteiger partial charge < -0.3 is 5.32 Å². The molecule has 2 aliphatic rings. The number of likely N-dealkylation sites (tertiary alicyclic amines) is 1. The quantitative estimate of drug-likeness (QED) is 0.548. The van der Waals surface area contributed by atoms with Crippen LogP contribution in [0.2, 0.25) is 0 Å². The minimum absolute atomic E-state index is 0.0581. The molecule has 2 N–H and O–H groups in total. The molecule has 2 atom stereocenters. The van der Waals surface area contributed by atoms with E-state index >= 15 is 0 Å². The number of rotatable bonds is 7. The van der Waals surface area contributed by atoms with Crippen molar-refractivity contribution in [3.8, 4) is 5.69 Å². The largest absolute Gasteiger partial charge is 0.333 e. The summed E-state index contributed by atoms with van der Waals surface area (Å²) in [6, 6.07) is 18.2. The van der Waals surface area contributed by atoms with Crippen molar-refractivity contribution in [1.29, 1.82) is 0 Å². The lowest BCUT2D eigenvalue weighted by Crippen LogP contribution is -2.44. The summed E-state index contributed by atoms with van der Waals surface area (Å²) in [7, 11) is 0. The standard InChI is InChI=1S/C26H29F2N5O/c27-14-20(15-28)32-16-22(18-8-3-1-4-9-18)24(17-32)29-26(34)30-25-21-12-7-13-23(21)31-33(25)19-10-5-2-6-11-19/h1-6,8-11,20,22,24H,7,12-17H2,(H2,29,30,34). The van der Waals surface area contributed by atoms with Gasteiger partial charge in [0.15, 0.2) is 0 Å². The van der Waals surface area contributed by atoms with Crippen LogP contribution in [0.4, 0.5) is 19.4 Å². The van der Waals surface area contributed by atoms with E-state index in [1.807, 2.05) is 60.7 Å². The number of urea groups is 1.